The predicted octanol–water partition coefficient (Wildman–Crippen LogP) is 3.69. The summed E-state index contributed by atoms with van der Waals surface area (Å²) in [5.41, 5.74) is 3.10. The molecule has 7 heteroatoms. The highest BCUT2D eigenvalue weighted by Gasteiger charge is 2.15. The standard InChI is InChI=1S/C17H26N6S/c1-12-15(13(2)22(3)21-12)11-18-23-16(19-20-17(23)24)10-9-14-7-5-4-6-8-14/h11,14H,4-10H2,1-3H3,(H,20,24)/b18-11-. The number of hydrogen-bond acceptors (Lipinski definition) is 4. The van der Waals surface area contributed by atoms with E-state index in [-0.39, 0.29) is 0 Å². The van der Waals surface area contributed by atoms with Gasteiger partial charge in [0.1, 0.15) is 0 Å². The molecular weight excluding hydrogens is 320 g/mol. The van der Waals surface area contributed by atoms with Gasteiger partial charge in [-0.15, -0.1) is 0 Å². The van der Waals surface area contributed by atoms with Gasteiger partial charge in [0.25, 0.3) is 0 Å². The predicted molar refractivity (Wildman–Crippen MR) is 98.0 cm³/mol. The average Bonchev–Trinajstić information content (AvgIpc) is 3.05. The molecule has 0 aliphatic heterocycles. The number of H-pyrrole nitrogens is 1. The second kappa shape index (κ2) is 7.42. The lowest BCUT2D eigenvalue weighted by Gasteiger charge is -2.20. The molecule has 0 bridgehead atoms. The summed E-state index contributed by atoms with van der Waals surface area (Å²) in [6.07, 6.45) is 10.8. The molecule has 1 saturated carbocycles. The SMILES string of the molecule is Cc1nn(C)c(C)c1/C=N\n1c(CCC2CCCCC2)n[nH]c1=S. The highest BCUT2D eigenvalue weighted by molar-refractivity contribution is 7.71. The first kappa shape index (κ1) is 17.1. The zero-order chi connectivity index (χ0) is 17.1. The van der Waals surface area contributed by atoms with Crippen molar-refractivity contribution in [3.8, 4) is 0 Å². The van der Waals surface area contributed by atoms with Gasteiger partial charge in [-0.3, -0.25) is 9.78 Å². The normalized spacial score (nSPS) is 16.3. The molecule has 3 rings (SSSR count). The first-order valence-corrected chi connectivity index (χ1v) is 9.18. The van der Waals surface area contributed by atoms with Gasteiger partial charge in [0.2, 0.25) is 4.77 Å². The summed E-state index contributed by atoms with van der Waals surface area (Å²) in [6, 6.07) is 0. The fraction of sp³-hybridized carbons (Fsp3) is 0.647. The number of nitrogens with one attached hydrogen (secondary N) is 1. The molecule has 0 unspecified atom stereocenters. The van der Waals surface area contributed by atoms with Crippen LogP contribution < -0.4 is 0 Å². The van der Waals surface area contributed by atoms with Gasteiger partial charge < -0.3 is 0 Å². The van der Waals surface area contributed by atoms with Crippen LogP contribution in [0.1, 0.15) is 61.3 Å². The molecule has 1 fully saturated rings. The van der Waals surface area contributed by atoms with E-state index in [4.69, 9.17) is 12.2 Å². The molecule has 0 atom stereocenters. The maximum absolute atomic E-state index is 5.34. The smallest absolute Gasteiger partial charge is 0.216 e. The Hall–Kier alpha value is -1.76. The van der Waals surface area contributed by atoms with Crippen LogP contribution in [-0.4, -0.2) is 30.9 Å². The minimum atomic E-state index is 0.545. The third-order valence-corrected chi connectivity index (χ3v) is 5.35. The quantitative estimate of drug-likeness (QED) is 0.663. The minimum absolute atomic E-state index is 0.545. The Balaban J connectivity index is 1.74. The zero-order valence-corrected chi connectivity index (χ0v) is 15.6. The topological polar surface area (TPSA) is 63.8 Å². The molecule has 1 aliphatic rings. The molecule has 0 amide bonds. The van der Waals surface area contributed by atoms with Gasteiger partial charge >= 0.3 is 0 Å². The summed E-state index contributed by atoms with van der Waals surface area (Å²) in [6.45, 7) is 4.03. The van der Waals surface area contributed by atoms with E-state index < -0.39 is 0 Å². The number of nitrogens with zero attached hydrogens (tertiary/aromatic N) is 5. The van der Waals surface area contributed by atoms with Crippen molar-refractivity contribution in [2.45, 2.75) is 58.8 Å². The van der Waals surface area contributed by atoms with Crippen molar-refractivity contribution < 1.29 is 0 Å². The summed E-state index contributed by atoms with van der Waals surface area (Å²) in [5, 5.41) is 16.2. The molecule has 1 aliphatic carbocycles. The number of aryl methyl sites for hydroxylation is 3. The Kier molecular flexibility index (Phi) is 5.28. The van der Waals surface area contributed by atoms with Gasteiger partial charge in [0, 0.05) is 24.7 Å². The van der Waals surface area contributed by atoms with E-state index in [2.05, 4.69) is 20.4 Å². The lowest BCUT2D eigenvalue weighted by Crippen LogP contribution is -2.09. The van der Waals surface area contributed by atoms with Crippen molar-refractivity contribution in [1.29, 1.82) is 0 Å². The van der Waals surface area contributed by atoms with Crippen LogP contribution in [0.25, 0.3) is 0 Å². The first-order valence-electron chi connectivity index (χ1n) is 8.77. The monoisotopic (exact) mass is 346 g/mol. The fourth-order valence-corrected chi connectivity index (χ4v) is 3.70. The summed E-state index contributed by atoms with van der Waals surface area (Å²) in [5.74, 6) is 1.74. The van der Waals surface area contributed by atoms with Crippen molar-refractivity contribution in [2.24, 2.45) is 18.1 Å². The summed E-state index contributed by atoms with van der Waals surface area (Å²) in [7, 11) is 1.94. The van der Waals surface area contributed by atoms with Crippen molar-refractivity contribution in [3.05, 3.63) is 27.5 Å². The molecule has 2 aromatic heterocycles. The van der Waals surface area contributed by atoms with E-state index in [1.165, 1.54) is 38.5 Å². The molecule has 0 aromatic carbocycles. The van der Waals surface area contributed by atoms with Crippen molar-refractivity contribution in [2.75, 3.05) is 0 Å². The summed E-state index contributed by atoms with van der Waals surface area (Å²) < 4.78 is 4.17. The van der Waals surface area contributed by atoms with Gasteiger partial charge in [0.15, 0.2) is 5.82 Å². The molecule has 0 radical (unpaired) electrons. The molecule has 0 spiro atoms. The van der Waals surface area contributed by atoms with Gasteiger partial charge in [-0.25, -0.2) is 0 Å². The largest absolute Gasteiger partial charge is 0.272 e. The maximum Gasteiger partial charge on any atom is 0.216 e. The van der Waals surface area contributed by atoms with E-state index in [0.717, 1.165) is 35.1 Å². The number of aromatic nitrogens is 5. The van der Waals surface area contributed by atoms with E-state index in [1.807, 2.05) is 31.8 Å². The Morgan fingerprint density at radius 3 is 2.71 bits per heavy atom. The van der Waals surface area contributed by atoms with Gasteiger partial charge in [0.05, 0.1) is 11.9 Å². The molecule has 0 saturated heterocycles. The van der Waals surface area contributed by atoms with Crippen molar-refractivity contribution in [1.82, 2.24) is 24.7 Å². The van der Waals surface area contributed by atoms with E-state index in [1.54, 1.807) is 4.68 Å². The van der Waals surface area contributed by atoms with Gasteiger partial charge in [-0.2, -0.15) is 20.0 Å². The molecule has 2 heterocycles. The Labute approximate surface area is 148 Å². The van der Waals surface area contributed by atoms with Crippen LogP contribution in [0.3, 0.4) is 0 Å². The maximum atomic E-state index is 5.34. The number of hydrogen-bond donors (Lipinski definition) is 1. The second-order valence-electron chi connectivity index (χ2n) is 6.75. The number of rotatable bonds is 5. The first-order chi connectivity index (χ1) is 11.6. The Morgan fingerprint density at radius 2 is 2.04 bits per heavy atom. The van der Waals surface area contributed by atoms with Crippen LogP contribution in [0, 0.1) is 24.5 Å². The Bertz CT molecular complexity index is 776. The molecule has 2 aromatic rings. The van der Waals surface area contributed by atoms with Crippen LogP contribution >= 0.6 is 12.2 Å². The Morgan fingerprint density at radius 1 is 1.29 bits per heavy atom. The van der Waals surface area contributed by atoms with Crippen LogP contribution in [0.2, 0.25) is 0 Å². The van der Waals surface area contributed by atoms with Crippen LogP contribution in [0.15, 0.2) is 5.10 Å². The molecule has 130 valence electrons. The molecule has 24 heavy (non-hydrogen) atoms. The van der Waals surface area contributed by atoms with E-state index in [9.17, 15) is 0 Å². The summed E-state index contributed by atoms with van der Waals surface area (Å²) >= 11 is 5.34. The minimum Gasteiger partial charge on any atom is -0.272 e. The molecule has 6 nitrogen and oxygen atoms in total. The third kappa shape index (κ3) is 3.66. The third-order valence-electron chi connectivity index (χ3n) is 5.09. The van der Waals surface area contributed by atoms with Crippen LogP contribution in [-0.2, 0) is 13.5 Å². The average molecular weight is 347 g/mol. The highest BCUT2D eigenvalue weighted by atomic mass is 32.1. The van der Waals surface area contributed by atoms with Gasteiger partial charge in [-0.1, -0.05) is 32.1 Å². The number of aromatic amines is 1. The molecule has 1 N–H and O–H groups in total. The highest BCUT2D eigenvalue weighted by Crippen LogP contribution is 2.27. The lowest BCUT2D eigenvalue weighted by molar-refractivity contribution is 0.336. The second-order valence-corrected chi connectivity index (χ2v) is 7.14. The lowest BCUT2D eigenvalue weighted by atomic mass is 9.86. The zero-order valence-electron chi connectivity index (χ0n) is 14.7. The van der Waals surface area contributed by atoms with E-state index >= 15 is 0 Å². The van der Waals surface area contributed by atoms with Crippen molar-refractivity contribution in [3.63, 3.8) is 0 Å². The molecular formula is C17H26N6S. The fourth-order valence-electron chi connectivity index (χ4n) is 3.51. The van der Waals surface area contributed by atoms with E-state index in [0.29, 0.717) is 4.77 Å². The van der Waals surface area contributed by atoms with Gasteiger partial charge in [-0.05, 0) is 38.4 Å². The summed E-state index contributed by atoms with van der Waals surface area (Å²) in [4.78, 5) is 0. The van der Waals surface area contributed by atoms with Crippen molar-refractivity contribution >= 4 is 18.4 Å². The van der Waals surface area contributed by atoms with Crippen LogP contribution in [0.5, 0.6) is 0 Å². The van der Waals surface area contributed by atoms with Crippen LogP contribution in [0.4, 0.5) is 0 Å².